The van der Waals surface area contributed by atoms with Crippen LogP contribution in [0.1, 0.15) is 11.1 Å². The third-order valence-corrected chi connectivity index (χ3v) is 2.52. The predicted octanol–water partition coefficient (Wildman–Crippen LogP) is -0.596. The molecule has 1 aromatic carbocycles. The van der Waals surface area contributed by atoms with Gasteiger partial charge in [0, 0.05) is 11.8 Å². The summed E-state index contributed by atoms with van der Waals surface area (Å²) in [5.41, 5.74) is -1.51. The maximum Gasteiger partial charge on any atom is 1.00 e. The number of alkyl halides is 3. The topological polar surface area (TPSA) is 30.7 Å². The molecule has 11 heteroatoms. The molecular formula is C10H7BF6KN3. The fourth-order valence-electron chi connectivity index (χ4n) is 1.53. The summed E-state index contributed by atoms with van der Waals surface area (Å²) in [4.78, 5) is 0. The van der Waals surface area contributed by atoms with Gasteiger partial charge in [-0.3, -0.25) is 4.68 Å². The molecule has 0 fully saturated rings. The van der Waals surface area contributed by atoms with Crippen LogP contribution in [0.25, 0.3) is 0 Å². The van der Waals surface area contributed by atoms with Gasteiger partial charge >= 0.3 is 64.5 Å². The summed E-state index contributed by atoms with van der Waals surface area (Å²) < 4.78 is 75.0. The molecular weight excluding hydrogens is 326 g/mol. The van der Waals surface area contributed by atoms with Crippen LogP contribution < -0.4 is 57.0 Å². The smallest absolute Gasteiger partial charge is 0.444 e. The Hall–Kier alpha value is -0.359. The number of hydrogen-bond acceptors (Lipinski definition) is 2. The maximum atomic E-state index is 12.3. The zero-order valence-electron chi connectivity index (χ0n) is 10.8. The average Bonchev–Trinajstić information content (AvgIpc) is 2.77. The fourth-order valence-corrected chi connectivity index (χ4v) is 1.53. The molecule has 0 aliphatic heterocycles. The van der Waals surface area contributed by atoms with Crippen LogP contribution in [0.5, 0.6) is 0 Å². The van der Waals surface area contributed by atoms with Crippen molar-refractivity contribution in [1.82, 2.24) is 15.0 Å². The molecule has 3 nitrogen and oxygen atoms in total. The van der Waals surface area contributed by atoms with Gasteiger partial charge in [0.25, 0.3) is 0 Å². The average molecular weight is 333 g/mol. The second-order valence-corrected chi connectivity index (χ2v) is 4.11. The van der Waals surface area contributed by atoms with Gasteiger partial charge in [-0.25, -0.2) is 0 Å². The number of nitrogens with zero attached hydrogens (tertiary/aromatic N) is 3. The van der Waals surface area contributed by atoms with Crippen LogP contribution in [0.2, 0.25) is 0 Å². The van der Waals surface area contributed by atoms with Crippen LogP contribution in [-0.2, 0) is 12.7 Å². The molecule has 0 N–H and O–H groups in total. The third-order valence-electron chi connectivity index (χ3n) is 2.52. The number of aromatic nitrogens is 3. The van der Waals surface area contributed by atoms with Crippen LogP contribution in [0.4, 0.5) is 26.1 Å². The zero-order chi connectivity index (χ0) is 15.0. The summed E-state index contributed by atoms with van der Waals surface area (Å²) in [5, 5.41) is 6.27. The van der Waals surface area contributed by atoms with Gasteiger partial charge in [-0.15, -0.1) is 0 Å². The van der Waals surface area contributed by atoms with Gasteiger partial charge in [0.05, 0.1) is 12.1 Å². The minimum absolute atomic E-state index is 0. The van der Waals surface area contributed by atoms with Crippen LogP contribution >= 0.6 is 0 Å². The van der Waals surface area contributed by atoms with Gasteiger partial charge in [-0.1, -0.05) is 17.3 Å². The van der Waals surface area contributed by atoms with E-state index >= 15 is 0 Å². The molecule has 0 aliphatic rings. The molecule has 1 aromatic heterocycles. The van der Waals surface area contributed by atoms with Crippen LogP contribution in [-0.4, -0.2) is 22.0 Å². The minimum Gasteiger partial charge on any atom is -0.444 e. The van der Waals surface area contributed by atoms with Crippen molar-refractivity contribution in [2.45, 2.75) is 12.7 Å². The normalized spacial score (nSPS) is 12.1. The Morgan fingerprint density at radius 1 is 1.05 bits per heavy atom. The molecule has 2 rings (SSSR count). The molecule has 108 valence electrons. The Kier molecular flexibility index (Phi) is 6.07. The van der Waals surface area contributed by atoms with Crippen molar-refractivity contribution >= 4 is 12.6 Å². The van der Waals surface area contributed by atoms with E-state index < -0.39 is 24.3 Å². The van der Waals surface area contributed by atoms with Gasteiger partial charge < -0.3 is 12.9 Å². The van der Waals surface area contributed by atoms with Gasteiger partial charge in [0.1, 0.15) is 0 Å². The quantitative estimate of drug-likeness (QED) is 0.555. The third kappa shape index (κ3) is 5.09. The molecule has 0 spiro atoms. The first-order valence-corrected chi connectivity index (χ1v) is 5.42. The number of rotatable bonds is 3. The number of hydrogen-bond donors (Lipinski definition) is 0. The zero-order valence-corrected chi connectivity index (χ0v) is 13.9. The van der Waals surface area contributed by atoms with Crippen molar-refractivity contribution < 1.29 is 77.5 Å². The van der Waals surface area contributed by atoms with E-state index in [1.807, 2.05) is 0 Å². The van der Waals surface area contributed by atoms with Crippen molar-refractivity contribution in [2.75, 3.05) is 0 Å². The van der Waals surface area contributed by atoms with Crippen LogP contribution in [0.3, 0.4) is 0 Å². The van der Waals surface area contributed by atoms with Crippen LogP contribution in [0, 0.1) is 0 Å². The van der Waals surface area contributed by atoms with Crippen molar-refractivity contribution in [3.05, 3.63) is 41.6 Å². The maximum absolute atomic E-state index is 12.3. The van der Waals surface area contributed by atoms with Crippen molar-refractivity contribution in [2.24, 2.45) is 0 Å². The molecule has 0 amide bonds. The van der Waals surface area contributed by atoms with E-state index in [1.54, 1.807) is 0 Å². The standard InChI is InChI=1S/C10H7BF6N3.K/c12-10(13,14)8-3-1-7(2-4-8)5-20-6-9(18-19-20)11(15,16)17;/h1-4,6H,5H2;/q-1;+1. The summed E-state index contributed by atoms with van der Waals surface area (Å²) in [6, 6.07) is 4.09. The first kappa shape index (κ1) is 18.7. The monoisotopic (exact) mass is 333 g/mol. The van der Waals surface area contributed by atoms with Gasteiger partial charge in [-0.05, 0) is 17.7 Å². The molecule has 0 aliphatic carbocycles. The molecule has 0 atom stereocenters. The van der Waals surface area contributed by atoms with E-state index in [4.69, 9.17) is 0 Å². The van der Waals surface area contributed by atoms with E-state index in [0.717, 1.165) is 23.0 Å². The van der Waals surface area contributed by atoms with E-state index in [-0.39, 0.29) is 57.9 Å². The van der Waals surface area contributed by atoms with Gasteiger partial charge in [0.2, 0.25) is 0 Å². The Morgan fingerprint density at radius 2 is 1.62 bits per heavy atom. The number of benzene rings is 1. The largest absolute Gasteiger partial charge is 1.00 e. The van der Waals surface area contributed by atoms with E-state index in [9.17, 15) is 26.1 Å². The Balaban J connectivity index is 0.00000220. The van der Waals surface area contributed by atoms with Crippen molar-refractivity contribution in [1.29, 1.82) is 0 Å². The Labute approximate surface area is 158 Å². The second kappa shape index (κ2) is 6.82. The van der Waals surface area contributed by atoms with Crippen LogP contribution in [0.15, 0.2) is 30.5 Å². The molecule has 0 bridgehead atoms. The summed E-state index contributed by atoms with van der Waals surface area (Å²) in [5.74, 6) is 0. The molecule has 21 heavy (non-hydrogen) atoms. The van der Waals surface area contributed by atoms with Crippen molar-refractivity contribution in [3.63, 3.8) is 0 Å². The minimum atomic E-state index is -5.23. The Morgan fingerprint density at radius 3 is 2.05 bits per heavy atom. The summed E-state index contributed by atoms with van der Waals surface area (Å²) in [6.45, 7) is -5.32. The first-order valence-electron chi connectivity index (χ1n) is 5.42. The molecule has 0 saturated heterocycles. The summed E-state index contributed by atoms with van der Waals surface area (Å²) >= 11 is 0. The van der Waals surface area contributed by atoms with Gasteiger partial charge in [-0.2, -0.15) is 18.3 Å². The van der Waals surface area contributed by atoms with E-state index in [0.29, 0.717) is 5.56 Å². The second-order valence-electron chi connectivity index (χ2n) is 4.11. The Bertz CT molecular complexity index is 592. The SMILES string of the molecule is F[B-](F)(F)c1cn(Cc2ccc(C(F)(F)F)cc2)nn1.[K+]. The molecule has 1 heterocycles. The number of halogens is 6. The van der Waals surface area contributed by atoms with Gasteiger partial charge in [0.15, 0.2) is 0 Å². The summed E-state index contributed by atoms with van der Waals surface area (Å²) in [6.07, 6.45) is -3.73. The molecule has 0 saturated carbocycles. The predicted molar refractivity (Wildman–Crippen MR) is 59.3 cm³/mol. The summed E-state index contributed by atoms with van der Waals surface area (Å²) in [7, 11) is 0. The molecule has 2 aromatic rings. The van der Waals surface area contributed by atoms with E-state index in [2.05, 4.69) is 10.3 Å². The van der Waals surface area contributed by atoms with E-state index in [1.165, 1.54) is 12.1 Å². The molecule has 0 radical (unpaired) electrons. The molecule has 0 unspecified atom stereocenters. The fraction of sp³-hybridized carbons (Fsp3) is 0.200. The first-order chi connectivity index (χ1) is 9.16. The van der Waals surface area contributed by atoms with Crippen molar-refractivity contribution in [3.8, 4) is 0 Å².